The lowest BCUT2D eigenvalue weighted by molar-refractivity contribution is -0.00570. The van der Waals surface area contributed by atoms with Crippen LogP contribution < -0.4 is 9.80 Å². The van der Waals surface area contributed by atoms with Gasteiger partial charge in [0, 0.05) is 26.2 Å². The van der Waals surface area contributed by atoms with E-state index in [2.05, 4.69) is 33.6 Å². The maximum atomic E-state index is 6.10. The molecule has 2 unspecified atom stereocenters. The molecule has 2 aliphatic heterocycles. The molecule has 2 saturated heterocycles. The van der Waals surface area contributed by atoms with Gasteiger partial charge in [-0.25, -0.2) is 4.98 Å². The average Bonchev–Trinajstić information content (AvgIpc) is 2.60. The number of hydrogen-bond donors (Lipinski definition) is 0. The van der Waals surface area contributed by atoms with Crippen molar-refractivity contribution in [2.75, 3.05) is 49.2 Å². The van der Waals surface area contributed by atoms with E-state index in [0.717, 1.165) is 37.4 Å². The summed E-state index contributed by atoms with van der Waals surface area (Å²) in [6, 6.07) is 3.74. The molecule has 0 radical (unpaired) electrons. The number of rotatable bonds is 2. The molecule has 4 heterocycles. The number of pyridine rings is 1. The Bertz CT molecular complexity index is 758. The van der Waals surface area contributed by atoms with Crippen molar-refractivity contribution in [3.8, 4) is 0 Å². The zero-order valence-electron chi connectivity index (χ0n) is 14.5. The number of morpholine rings is 2. The van der Waals surface area contributed by atoms with Crippen LogP contribution in [0, 0.1) is 0 Å². The number of anilines is 2. The van der Waals surface area contributed by atoms with Gasteiger partial charge in [-0.1, -0.05) is 11.6 Å². The van der Waals surface area contributed by atoms with E-state index in [4.69, 9.17) is 26.1 Å². The number of hydrogen-bond acceptors (Lipinski definition) is 7. The van der Waals surface area contributed by atoms with E-state index in [0.29, 0.717) is 30.0 Å². The Hall–Kier alpha value is -1.70. The molecule has 2 aromatic rings. The van der Waals surface area contributed by atoms with Crippen LogP contribution in [0.4, 0.5) is 11.8 Å². The Morgan fingerprint density at radius 2 is 1.72 bits per heavy atom. The van der Waals surface area contributed by atoms with Gasteiger partial charge in [0.05, 0.1) is 30.8 Å². The summed E-state index contributed by atoms with van der Waals surface area (Å²) in [6.45, 7) is 8.69. The maximum absolute atomic E-state index is 6.10. The predicted molar refractivity (Wildman–Crippen MR) is 97.6 cm³/mol. The summed E-state index contributed by atoms with van der Waals surface area (Å²) in [5.41, 5.74) is 0.630. The first-order valence-corrected chi connectivity index (χ1v) is 9.05. The molecule has 0 spiro atoms. The third kappa shape index (κ3) is 3.49. The molecule has 7 nitrogen and oxygen atoms in total. The van der Waals surface area contributed by atoms with Crippen molar-refractivity contribution in [2.45, 2.75) is 26.1 Å². The molecule has 0 bridgehead atoms. The minimum atomic E-state index is 0.141. The van der Waals surface area contributed by atoms with E-state index < -0.39 is 0 Å². The van der Waals surface area contributed by atoms with Crippen molar-refractivity contribution >= 4 is 34.4 Å². The molecule has 0 saturated carbocycles. The summed E-state index contributed by atoms with van der Waals surface area (Å²) >= 11 is 6.10. The third-order valence-electron chi connectivity index (χ3n) is 4.51. The molecule has 134 valence electrons. The third-order valence-corrected chi connectivity index (χ3v) is 4.72. The van der Waals surface area contributed by atoms with E-state index >= 15 is 0 Å². The van der Waals surface area contributed by atoms with E-state index in [1.54, 1.807) is 6.07 Å². The molecule has 8 heteroatoms. The molecule has 0 aromatic carbocycles. The first kappa shape index (κ1) is 16.8. The SMILES string of the molecule is CC1CN(c2nc(N3CCOCC3)c3ccc(Cl)nc3n2)CC(C)O1. The summed E-state index contributed by atoms with van der Waals surface area (Å²) < 4.78 is 11.3. The van der Waals surface area contributed by atoms with Crippen molar-refractivity contribution in [2.24, 2.45) is 0 Å². The van der Waals surface area contributed by atoms with E-state index in [-0.39, 0.29) is 12.2 Å². The number of aromatic nitrogens is 3. The topological polar surface area (TPSA) is 63.6 Å². The monoisotopic (exact) mass is 363 g/mol. The molecule has 2 atom stereocenters. The fourth-order valence-corrected chi connectivity index (χ4v) is 3.60. The van der Waals surface area contributed by atoms with Gasteiger partial charge in [0.2, 0.25) is 5.95 Å². The molecule has 0 amide bonds. The van der Waals surface area contributed by atoms with Crippen LogP contribution in [0.5, 0.6) is 0 Å². The van der Waals surface area contributed by atoms with Crippen molar-refractivity contribution in [1.29, 1.82) is 0 Å². The maximum Gasteiger partial charge on any atom is 0.229 e. The fourth-order valence-electron chi connectivity index (χ4n) is 3.46. The van der Waals surface area contributed by atoms with Crippen LogP contribution in [0.1, 0.15) is 13.8 Å². The van der Waals surface area contributed by atoms with Gasteiger partial charge in [0.1, 0.15) is 11.0 Å². The van der Waals surface area contributed by atoms with Crippen molar-refractivity contribution in [1.82, 2.24) is 15.0 Å². The molecular weight excluding hydrogens is 342 g/mol. The lowest BCUT2D eigenvalue weighted by Gasteiger charge is -2.36. The van der Waals surface area contributed by atoms with E-state index in [9.17, 15) is 0 Å². The number of ether oxygens (including phenoxy) is 2. The summed E-state index contributed by atoms with van der Waals surface area (Å²) in [4.78, 5) is 18.4. The fraction of sp³-hybridized carbons (Fsp3) is 0.588. The molecular formula is C17H22ClN5O2. The highest BCUT2D eigenvalue weighted by atomic mass is 35.5. The molecule has 2 aromatic heterocycles. The Kier molecular flexibility index (Phi) is 4.62. The van der Waals surface area contributed by atoms with Gasteiger partial charge < -0.3 is 19.3 Å². The van der Waals surface area contributed by atoms with Gasteiger partial charge in [0.25, 0.3) is 0 Å². The van der Waals surface area contributed by atoms with Crippen LogP contribution in [0.15, 0.2) is 12.1 Å². The zero-order valence-corrected chi connectivity index (χ0v) is 15.2. The number of nitrogens with zero attached hydrogens (tertiary/aromatic N) is 5. The lowest BCUT2D eigenvalue weighted by atomic mass is 10.2. The molecule has 2 aliphatic rings. The van der Waals surface area contributed by atoms with Crippen molar-refractivity contribution < 1.29 is 9.47 Å². The summed E-state index contributed by atoms with van der Waals surface area (Å²) in [5.74, 6) is 1.59. The minimum Gasteiger partial charge on any atom is -0.378 e. The second kappa shape index (κ2) is 6.90. The van der Waals surface area contributed by atoms with Crippen LogP contribution in [0.25, 0.3) is 11.0 Å². The highest BCUT2D eigenvalue weighted by Crippen LogP contribution is 2.28. The molecule has 0 aliphatic carbocycles. The molecule has 25 heavy (non-hydrogen) atoms. The van der Waals surface area contributed by atoms with Crippen LogP contribution in [-0.4, -0.2) is 66.6 Å². The largest absolute Gasteiger partial charge is 0.378 e. The Balaban J connectivity index is 1.79. The van der Waals surface area contributed by atoms with Crippen LogP contribution >= 0.6 is 11.6 Å². The predicted octanol–water partition coefficient (Wildman–Crippen LogP) is 2.13. The first-order valence-electron chi connectivity index (χ1n) is 8.67. The lowest BCUT2D eigenvalue weighted by Crippen LogP contribution is -2.46. The number of fused-ring (bicyclic) bond motifs is 1. The quantitative estimate of drug-likeness (QED) is 0.757. The van der Waals surface area contributed by atoms with Gasteiger partial charge in [-0.15, -0.1) is 0 Å². The van der Waals surface area contributed by atoms with Crippen LogP contribution in [0.2, 0.25) is 5.15 Å². The standard InChI is InChI=1S/C17H22ClN5O2/c1-11-9-23(10-12(2)25-11)17-20-15-13(3-4-14(18)19-15)16(21-17)22-5-7-24-8-6-22/h3-4,11-12H,5-10H2,1-2H3. The Morgan fingerprint density at radius 3 is 2.44 bits per heavy atom. The Morgan fingerprint density at radius 1 is 1.00 bits per heavy atom. The van der Waals surface area contributed by atoms with Gasteiger partial charge in [-0.3, -0.25) is 0 Å². The highest BCUT2D eigenvalue weighted by molar-refractivity contribution is 6.29. The van der Waals surface area contributed by atoms with E-state index in [1.807, 2.05) is 6.07 Å². The van der Waals surface area contributed by atoms with E-state index in [1.165, 1.54) is 0 Å². The van der Waals surface area contributed by atoms with Crippen LogP contribution in [-0.2, 0) is 9.47 Å². The van der Waals surface area contributed by atoms with Gasteiger partial charge in [-0.2, -0.15) is 9.97 Å². The Labute approximate surface area is 151 Å². The molecule has 4 rings (SSSR count). The summed E-state index contributed by atoms with van der Waals surface area (Å²) in [7, 11) is 0. The average molecular weight is 364 g/mol. The minimum absolute atomic E-state index is 0.141. The highest BCUT2D eigenvalue weighted by Gasteiger charge is 2.26. The van der Waals surface area contributed by atoms with Crippen molar-refractivity contribution in [3.05, 3.63) is 17.3 Å². The first-order chi connectivity index (χ1) is 12.1. The number of halogens is 1. The van der Waals surface area contributed by atoms with Gasteiger partial charge in [-0.05, 0) is 26.0 Å². The summed E-state index contributed by atoms with van der Waals surface area (Å²) in [5, 5.41) is 1.36. The van der Waals surface area contributed by atoms with Gasteiger partial charge >= 0.3 is 0 Å². The summed E-state index contributed by atoms with van der Waals surface area (Å²) in [6.07, 6.45) is 0.282. The smallest absolute Gasteiger partial charge is 0.229 e. The molecule has 2 fully saturated rings. The molecule has 0 N–H and O–H groups in total. The second-order valence-electron chi connectivity index (χ2n) is 6.61. The zero-order chi connectivity index (χ0) is 17.4. The van der Waals surface area contributed by atoms with Crippen LogP contribution in [0.3, 0.4) is 0 Å². The van der Waals surface area contributed by atoms with Gasteiger partial charge in [0.15, 0.2) is 5.65 Å². The van der Waals surface area contributed by atoms with Crippen molar-refractivity contribution in [3.63, 3.8) is 0 Å². The second-order valence-corrected chi connectivity index (χ2v) is 7.00. The normalized spacial score (nSPS) is 24.8.